The van der Waals surface area contributed by atoms with E-state index in [1.807, 2.05) is 0 Å². The number of hydrogen-bond donors (Lipinski definition) is 1. The van der Waals surface area contributed by atoms with Crippen molar-refractivity contribution in [1.82, 2.24) is 0 Å². The largest absolute Gasteiger partial charge is 0.493 e. The first-order chi connectivity index (χ1) is 7.70. The van der Waals surface area contributed by atoms with Crippen LogP contribution in [0.15, 0.2) is 12.1 Å². The van der Waals surface area contributed by atoms with Crippen LogP contribution in [0.4, 0.5) is 0 Å². The molecule has 0 radical (unpaired) electrons. The third-order valence-corrected chi connectivity index (χ3v) is 2.52. The Balaban J connectivity index is 2.39. The van der Waals surface area contributed by atoms with Crippen molar-refractivity contribution in [2.75, 3.05) is 6.61 Å². The number of aliphatic hydroxyl groups excluding tert-OH is 1. The third kappa shape index (κ3) is 2.17. The van der Waals surface area contributed by atoms with E-state index in [-0.39, 0.29) is 12.6 Å². The van der Waals surface area contributed by atoms with Crippen LogP contribution in [0.25, 0.3) is 0 Å². The van der Waals surface area contributed by atoms with Crippen molar-refractivity contribution in [3.8, 4) is 11.5 Å². The number of hydrogen-bond acceptors (Lipinski definition) is 4. The SMILES string of the molecule is CC(=O)Oc1cc2c(cc1CO)OCCC2. The number of carbonyl (C=O) groups excluding carboxylic acids is 1. The topological polar surface area (TPSA) is 55.8 Å². The predicted octanol–water partition coefficient (Wildman–Crippen LogP) is 1.43. The molecular weight excluding hydrogens is 208 g/mol. The van der Waals surface area contributed by atoms with Crippen LogP contribution < -0.4 is 9.47 Å². The van der Waals surface area contributed by atoms with Crippen LogP contribution in [0.5, 0.6) is 11.5 Å². The minimum atomic E-state index is -0.383. The van der Waals surface area contributed by atoms with Crippen LogP contribution in [0.3, 0.4) is 0 Å². The molecule has 1 aliphatic rings. The molecule has 86 valence electrons. The highest BCUT2D eigenvalue weighted by Gasteiger charge is 2.15. The van der Waals surface area contributed by atoms with Gasteiger partial charge >= 0.3 is 5.97 Å². The summed E-state index contributed by atoms with van der Waals surface area (Å²) in [5.74, 6) is 0.830. The van der Waals surface area contributed by atoms with Crippen molar-refractivity contribution in [2.45, 2.75) is 26.4 Å². The average Bonchev–Trinajstić information content (AvgIpc) is 2.27. The number of esters is 1. The molecule has 0 spiro atoms. The first-order valence-corrected chi connectivity index (χ1v) is 5.28. The number of carbonyl (C=O) groups is 1. The predicted molar refractivity (Wildman–Crippen MR) is 57.5 cm³/mol. The minimum absolute atomic E-state index is 0.167. The van der Waals surface area contributed by atoms with Crippen molar-refractivity contribution in [1.29, 1.82) is 0 Å². The molecule has 4 nitrogen and oxygen atoms in total. The standard InChI is InChI=1S/C12H14O4/c1-8(14)16-12-5-9-3-2-4-15-11(9)6-10(12)7-13/h5-6,13H,2-4,7H2,1H3. The fourth-order valence-electron chi connectivity index (χ4n) is 1.79. The zero-order chi connectivity index (χ0) is 11.5. The molecule has 1 aromatic rings. The normalized spacial score (nSPS) is 13.9. The van der Waals surface area contributed by atoms with Gasteiger partial charge in [-0.2, -0.15) is 0 Å². The maximum Gasteiger partial charge on any atom is 0.308 e. The molecule has 16 heavy (non-hydrogen) atoms. The Morgan fingerprint density at radius 2 is 2.38 bits per heavy atom. The van der Waals surface area contributed by atoms with E-state index in [9.17, 15) is 9.90 Å². The third-order valence-electron chi connectivity index (χ3n) is 2.52. The molecule has 0 fully saturated rings. The minimum Gasteiger partial charge on any atom is -0.493 e. The van der Waals surface area contributed by atoms with E-state index < -0.39 is 0 Å². The molecule has 0 bridgehead atoms. The van der Waals surface area contributed by atoms with Gasteiger partial charge in [0.15, 0.2) is 0 Å². The summed E-state index contributed by atoms with van der Waals surface area (Å²) in [6.07, 6.45) is 1.88. The van der Waals surface area contributed by atoms with E-state index in [0.717, 1.165) is 24.2 Å². The molecule has 0 atom stereocenters. The molecule has 0 unspecified atom stereocenters. The molecule has 4 heteroatoms. The second-order valence-electron chi connectivity index (χ2n) is 3.77. The summed E-state index contributed by atoms with van der Waals surface area (Å²) in [4.78, 5) is 10.9. The van der Waals surface area contributed by atoms with Gasteiger partial charge in [-0.05, 0) is 30.5 Å². The average molecular weight is 222 g/mol. The van der Waals surface area contributed by atoms with Gasteiger partial charge in [0, 0.05) is 12.5 Å². The zero-order valence-corrected chi connectivity index (χ0v) is 9.16. The maximum absolute atomic E-state index is 10.9. The lowest BCUT2D eigenvalue weighted by atomic mass is 10.0. The second kappa shape index (κ2) is 4.53. The Labute approximate surface area is 93.8 Å². The Kier molecular flexibility index (Phi) is 3.10. The molecule has 0 amide bonds. The van der Waals surface area contributed by atoms with Gasteiger partial charge in [-0.15, -0.1) is 0 Å². The van der Waals surface area contributed by atoms with Crippen molar-refractivity contribution >= 4 is 5.97 Å². The number of benzene rings is 1. The first kappa shape index (κ1) is 11.0. The summed E-state index contributed by atoms with van der Waals surface area (Å²) in [5, 5.41) is 9.19. The fourth-order valence-corrected chi connectivity index (χ4v) is 1.79. The Bertz CT molecular complexity index is 412. The van der Waals surface area contributed by atoms with E-state index in [0.29, 0.717) is 17.9 Å². The number of aryl methyl sites for hydroxylation is 1. The van der Waals surface area contributed by atoms with Crippen LogP contribution in [0, 0.1) is 0 Å². The van der Waals surface area contributed by atoms with Gasteiger partial charge in [-0.25, -0.2) is 0 Å². The molecule has 2 rings (SSSR count). The highest BCUT2D eigenvalue weighted by Crippen LogP contribution is 2.32. The first-order valence-electron chi connectivity index (χ1n) is 5.28. The summed E-state index contributed by atoms with van der Waals surface area (Å²) in [6.45, 7) is 1.88. The zero-order valence-electron chi connectivity index (χ0n) is 9.16. The smallest absolute Gasteiger partial charge is 0.308 e. The number of ether oxygens (including phenoxy) is 2. The molecular formula is C12H14O4. The molecule has 1 aromatic carbocycles. The van der Waals surface area contributed by atoms with Crippen LogP contribution in [0.1, 0.15) is 24.5 Å². The lowest BCUT2D eigenvalue weighted by molar-refractivity contribution is -0.131. The van der Waals surface area contributed by atoms with Crippen molar-refractivity contribution in [3.63, 3.8) is 0 Å². The van der Waals surface area contributed by atoms with Crippen LogP contribution >= 0.6 is 0 Å². The molecule has 0 aromatic heterocycles. The molecule has 1 aliphatic heterocycles. The number of fused-ring (bicyclic) bond motifs is 1. The molecule has 0 aliphatic carbocycles. The summed E-state index contributed by atoms with van der Waals surface area (Å²) < 4.78 is 10.5. The van der Waals surface area contributed by atoms with Gasteiger partial charge in [0.1, 0.15) is 11.5 Å². The van der Waals surface area contributed by atoms with E-state index in [1.165, 1.54) is 6.92 Å². The van der Waals surface area contributed by atoms with Crippen molar-refractivity contribution in [2.24, 2.45) is 0 Å². The Morgan fingerprint density at radius 3 is 3.06 bits per heavy atom. The Hall–Kier alpha value is -1.55. The summed E-state index contributed by atoms with van der Waals surface area (Å²) in [7, 11) is 0. The Morgan fingerprint density at radius 1 is 1.56 bits per heavy atom. The molecule has 1 N–H and O–H groups in total. The molecule has 0 saturated carbocycles. The van der Waals surface area contributed by atoms with Crippen molar-refractivity contribution < 1.29 is 19.4 Å². The van der Waals surface area contributed by atoms with E-state index in [2.05, 4.69) is 0 Å². The quantitative estimate of drug-likeness (QED) is 0.607. The van der Waals surface area contributed by atoms with Gasteiger partial charge in [-0.3, -0.25) is 4.79 Å². The van der Waals surface area contributed by atoms with Crippen LogP contribution in [-0.4, -0.2) is 17.7 Å². The van der Waals surface area contributed by atoms with Gasteiger partial charge in [-0.1, -0.05) is 0 Å². The van der Waals surface area contributed by atoms with E-state index in [4.69, 9.17) is 9.47 Å². The maximum atomic E-state index is 10.9. The van der Waals surface area contributed by atoms with Gasteiger partial charge in [0.25, 0.3) is 0 Å². The van der Waals surface area contributed by atoms with Gasteiger partial charge in [0.2, 0.25) is 0 Å². The summed E-state index contributed by atoms with van der Waals surface area (Å²) >= 11 is 0. The summed E-state index contributed by atoms with van der Waals surface area (Å²) in [6, 6.07) is 3.52. The monoisotopic (exact) mass is 222 g/mol. The number of rotatable bonds is 2. The van der Waals surface area contributed by atoms with Gasteiger partial charge < -0.3 is 14.6 Å². The highest BCUT2D eigenvalue weighted by molar-refractivity contribution is 5.70. The summed E-state index contributed by atoms with van der Waals surface area (Å²) in [5.41, 5.74) is 1.61. The highest BCUT2D eigenvalue weighted by atomic mass is 16.5. The van der Waals surface area contributed by atoms with Gasteiger partial charge in [0.05, 0.1) is 13.2 Å². The lowest BCUT2D eigenvalue weighted by Gasteiger charge is -2.19. The second-order valence-corrected chi connectivity index (χ2v) is 3.77. The van der Waals surface area contributed by atoms with E-state index >= 15 is 0 Å². The van der Waals surface area contributed by atoms with Crippen LogP contribution in [0.2, 0.25) is 0 Å². The number of aliphatic hydroxyl groups is 1. The van der Waals surface area contributed by atoms with E-state index in [1.54, 1.807) is 12.1 Å². The molecule has 1 heterocycles. The molecule has 0 saturated heterocycles. The van der Waals surface area contributed by atoms with Crippen molar-refractivity contribution in [3.05, 3.63) is 23.3 Å². The fraction of sp³-hybridized carbons (Fsp3) is 0.417. The van der Waals surface area contributed by atoms with Crippen LogP contribution in [-0.2, 0) is 17.8 Å². The lowest BCUT2D eigenvalue weighted by Crippen LogP contribution is -2.11.